The van der Waals surface area contributed by atoms with Crippen molar-refractivity contribution in [2.24, 2.45) is 0 Å². The predicted octanol–water partition coefficient (Wildman–Crippen LogP) is 4.14. The molecule has 0 atom stereocenters. The summed E-state index contributed by atoms with van der Waals surface area (Å²) >= 11 is 2.13. The van der Waals surface area contributed by atoms with Crippen LogP contribution in [0, 0.1) is 3.57 Å². The van der Waals surface area contributed by atoms with Gasteiger partial charge in [0.2, 0.25) is 0 Å². The molecule has 0 fully saturated rings. The molecule has 0 unspecified atom stereocenters. The minimum Gasteiger partial charge on any atom is -0.435 e. The number of hydrogen-bond donors (Lipinski definition) is 1. The van der Waals surface area contributed by atoms with Crippen LogP contribution in [0.15, 0.2) is 48.5 Å². The van der Waals surface area contributed by atoms with Gasteiger partial charge in [-0.25, -0.2) is 0 Å². The third kappa shape index (κ3) is 4.16. The molecule has 0 aliphatic heterocycles. The van der Waals surface area contributed by atoms with Gasteiger partial charge in [-0.1, -0.05) is 12.1 Å². The molecule has 1 N–H and O–H groups in total. The SMILES string of the molecule is O=C(Nc1cccc(I)c1)c1cccc(OC(F)F)c1. The van der Waals surface area contributed by atoms with E-state index in [2.05, 4.69) is 32.6 Å². The molecule has 0 aromatic heterocycles. The van der Waals surface area contributed by atoms with Crippen molar-refractivity contribution in [1.29, 1.82) is 0 Å². The Morgan fingerprint density at radius 3 is 2.60 bits per heavy atom. The van der Waals surface area contributed by atoms with Crippen molar-refractivity contribution in [3.05, 3.63) is 57.7 Å². The van der Waals surface area contributed by atoms with Crippen molar-refractivity contribution in [2.45, 2.75) is 6.61 Å². The van der Waals surface area contributed by atoms with Gasteiger partial charge in [0.25, 0.3) is 5.91 Å². The number of anilines is 1. The van der Waals surface area contributed by atoms with Gasteiger partial charge in [0.1, 0.15) is 5.75 Å². The quantitative estimate of drug-likeness (QED) is 0.799. The number of amides is 1. The van der Waals surface area contributed by atoms with E-state index in [1.54, 1.807) is 12.1 Å². The van der Waals surface area contributed by atoms with Gasteiger partial charge in [-0.15, -0.1) is 0 Å². The maximum Gasteiger partial charge on any atom is 0.387 e. The molecule has 0 aliphatic carbocycles. The minimum absolute atomic E-state index is 0.0460. The number of carbonyl (C=O) groups excluding carboxylic acids is 1. The van der Waals surface area contributed by atoms with Gasteiger partial charge >= 0.3 is 6.61 Å². The first-order chi connectivity index (χ1) is 9.54. The number of nitrogens with one attached hydrogen (secondary N) is 1. The molecule has 0 aliphatic rings. The molecule has 1 amide bonds. The van der Waals surface area contributed by atoms with Crippen LogP contribution in [0.2, 0.25) is 0 Å². The van der Waals surface area contributed by atoms with E-state index in [1.165, 1.54) is 24.3 Å². The first-order valence-electron chi connectivity index (χ1n) is 5.66. The molecular weight excluding hydrogens is 379 g/mol. The molecule has 0 saturated carbocycles. The third-order valence-corrected chi connectivity index (χ3v) is 3.07. The smallest absolute Gasteiger partial charge is 0.387 e. The van der Waals surface area contributed by atoms with E-state index in [-0.39, 0.29) is 17.2 Å². The molecular formula is C14H10F2INO2. The number of benzene rings is 2. The molecule has 0 saturated heterocycles. The third-order valence-electron chi connectivity index (χ3n) is 2.40. The molecule has 0 radical (unpaired) electrons. The number of carbonyl (C=O) groups is 1. The maximum absolute atomic E-state index is 12.1. The standard InChI is InChI=1S/C14H10F2INO2/c15-14(16)20-12-6-1-3-9(7-12)13(19)18-11-5-2-4-10(17)8-11/h1-8,14H,(H,18,19). The fourth-order valence-electron chi connectivity index (χ4n) is 1.58. The average Bonchev–Trinajstić information content (AvgIpc) is 2.38. The maximum atomic E-state index is 12.1. The van der Waals surface area contributed by atoms with Crippen LogP contribution < -0.4 is 10.1 Å². The molecule has 0 heterocycles. The first kappa shape index (κ1) is 14.7. The lowest BCUT2D eigenvalue weighted by atomic mass is 10.2. The molecule has 2 rings (SSSR count). The zero-order valence-electron chi connectivity index (χ0n) is 10.1. The Kier molecular flexibility index (Phi) is 4.89. The van der Waals surface area contributed by atoms with Gasteiger partial charge in [0.15, 0.2) is 0 Å². The molecule has 20 heavy (non-hydrogen) atoms. The predicted molar refractivity (Wildman–Crippen MR) is 80.2 cm³/mol. The Hall–Kier alpha value is -1.70. The summed E-state index contributed by atoms with van der Waals surface area (Å²) in [6.07, 6.45) is 0. The van der Waals surface area contributed by atoms with Gasteiger partial charge in [-0.05, 0) is 59.0 Å². The second-order valence-electron chi connectivity index (χ2n) is 3.87. The van der Waals surface area contributed by atoms with Crippen LogP contribution >= 0.6 is 22.6 Å². The van der Waals surface area contributed by atoms with Crippen LogP contribution in [0.3, 0.4) is 0 Å². The normalized spacial score (nSPS) is 10.4. The fourth-order valence-corrected chi connectivity index (χ4v) is 2.13. The van der Waals surface area contributed by atoms with Crippen molar-refractivity contribution >= 4 is 34.2 Å². The van der Waals surface area contributed by atoms with Crippen molar-refractivity contribution in [2.75, 3.05) is 5.32 Å². The van der Waals surface area contributed by atoms with Crippen molar-refractivity contribution < 1.29 is 18.3 Å². The van der Waals surface area contributed by atoms with Crippen molar-refractivity contribution in [3.8, 4) is 5.75 Å². The summed E-state index contributed by atoms with van der Waals surface area (Å²) in [4.78, 5) is 12.0. The van der Waals surface area contributed by atoms with E-state index in [9.17, 15) is 13.6 Å². The van der Waals surface area contributed by atoms with Crippen molar-refractivity contribution in [1.82, 2.24) is 0 Å². The number of alkyl halides is 2. The van der Waals surface area contributed by atoms with Gasteiger partial charge in [-0.2, -0.15) is 8.78 Å². The van der Waals surface area contributed by atoms with Gasteiger partial charge in [0, 0.05) is 14.8 Å². The second kappa shape index (κ2) is 6.65. The van der Waals surface area contributed by atoms with Crippen LogP contribution in [-0.4, -0.2) is 12.5 Å². The number of halogens is 3. The highest BCUT2D eigenvalue weighted by Crippen LogP contribution is 2.18. The number of rotatable bonds is 4. The monoisotopic (exact) mass is 389 g/mol. The summed E-state index contributed by atoms with van der Waals surface area (Å²) in [6, 6.07) is 12.9. The van der Waals surface area contributed by atoms with E-state index in [0.29, 0.717) is 5.69 Å². The highest BCUT2D eigenvalue weighted by atomic mass is 127. The Bertz CT molecular complexity index is 620. The molecule has 6 heteroatoms. The van der Waals surface area contributed by atoms with Crippen LogP contribution in [0.4, 0.5) is 14.5 Å². The molecule has 0 spiro atoms. The minimum atomic E-state index is -2.91. The lowest BCUT2D eigenvalue weighted by Gasteiger charge is -2.08. The Labute approximate surface area is 128 Å². The Balaban J connectivity index is 2.13. The Morgan fingerprint density at radius 1 is 1.15 bits per heavy atom. The van der Waals surface area contributed by atoms with E-state index in [0.717, 1.165) is 3.57 Å². The number of ether oxygens (including phenoxy) is 1. The van der Waals surface area contributed by atoms with E-state index in [1.807, 2.05) is 12.1 Å². The van der Waals surface area contributed by atoms with Gasteiger partial charge < -0.3 is 10.1 Å². The lowest BCUT2D eigenvalue weighted by molar-refractivity contribution is -0.0498. The molecule has 3 nitrogen and oxygen atoms in total. The van der Waals surface area contributed by atoms with Gasteiger partial charge in [-0.3, -0.25) is 4.79 Å². The fraction of sp³-hybridized carbons (Fsp3) is 0.0714. The first-order valence-corrected chi connectivity index (χ1v) is 6.74. The lowest BCUT2D eigenvalue weighted by Crippen LogP contribution is -2.12. The molecule has 2 aromatic carbocycles. The highest BCUT2D eigenvalue weighted by Gasteiger charge is 2.09. The van der Waals surface area contributed by atoms with E-state index >= 15 is 0 Å². The topological polar surface area (TPSA) is 38.3 Å². The van der Waals surface area contributed by atoms with E-state index in [4.69, 9.17) is 0 Å². The Morgan fingerprint density at radius 2 is 1.90 bits per heavy atom. The summed E-state index contributed by atoms with van der Waals surface area (Å²) in [5.41, 5.74) is 0.893. The molecule has 2 aromatic rings. The van der Waals surface area contributed by atoms with Crippen LogP contribution in [0.25, 0.3) is 0 Å². The second-order valence-corrected chi connectivity index (χ2v) is 5.12. The van der Waals surface area contributed by atoms with Crippen LogP contribution in [0.1, 0.15) is 10.4 Å². The van der Waals surface area contributed by atoms with Gasteiger partial charge in [0.05, 0.1) is 0 Å². The summed E-state index contributed by atoms with van der Waals surface area (Å²) in [5, 5.41) is 2.69. The summed E-state index contributed by atoms with van der Waals surface area (Å²) < 4.78 is 29.5. The highest BCUT2D eigenvalue weighted by molar-refractivity contribution is 14.1. The average molecular weight is 389 g/mol. The van der Waals surface area contributed by atoms with E-state index < -0.39 is 6.61 Å². The largest absolute Gasteiger partial charge is 0.435 e. The summed E-state index contributed by atoms with van der Waals surface area (Å²) in [6.45, 7) is -2.91. The van der Waals surface area contributed by atoms with Crippen molar-refractivity contribution in [3.63, 3.8) is 0 Å². The van der Waals surface area contributed by atoms with Crippen LogP contribution in [0.5, 0.6) is 5.75 Å². The summed E-state index contributed by atoms with van der Waals surface area (Å²) in [5.74, 6) is -0.429. The van der Waals surface area contributed by atoms with Crippen LogP contribution in [-0.2, 0) is 0 Å². The number of hydrogen-bond acceptors (Lipinski definition) is 2. The molecule has 104 valence electrons. The zero-order valence-corrected chi connectivity index (χ0v) is 12.3. The molecule has 0 bridgehead atoms. The zero-order chi connectivity index (χ0) is 14.5. The summed E-state index contributed by atoms with van der Waals surface area (Å²) in [7, 11) is 0.